The van der Waals surface area contributed by atoms with E-state index in [0.717, 1.165) is 35.9 Å². The van der Waals surface area contributed by atoms with Gasteiger partial charge in [0.05, 0.1) is 0 Å². The van der Waals surface area contributed by atoms with Gasteiger partial charge >= 0.3 is 270 Å². The van der Waals surface area contributed by atoms with Crippen LogP contribution in [0, 0.1) is 0 Å². The van der Waals surface area contributed by atoms with Gasteiger partial charge < -0.3 is 0 Å². The van der Waals surface area contributed by atoms with Crippen molar-refractivity contribution < 1.29 is 9.32 Å². The summed E-state index contributed by atoms with van der Waals surface area (Å²) in [4.78, 5) is 16.3. The van der Waals surface area contributed by atoms with Crippen LogP contribution in [-0.4, -0.2) is 44.7 Å². The van der Waals surface area contributed by atoms with Gasteiger partial charge in [0.25, 0.3) is 0 Å². The van der Waals surface area contributed by atoms with E-state index in [2.05, 4.69) is 38.7 Å². The summed E-state index contributed by atoms with van der Waals surface area (Å²) in [5.74, 6) is -0.0447. The van der Waals surface area contributed by atoms with Crippen molar-refractivity contribution in [1.29, 1.82) is 0 Å². The van der Waals surface area contributed by atoms with Crippen molar-refractivity contribution >= 4 is 18.5 Å². The van der Waals surface area contributed by atoms with Crippen LogP contribution in [0.5, 0.6) is 0 Å². The SMILES string of the molecule is CCCCCCCCCCCCCCP(CCCCCC)(CCCCCC)(CCCCCC)OC(=O)c1cccc(N(C)C)c1. The molecule has 1 aromatic carbocycles. The van der Waals surface area contributed by atoms with E-state index in [0.29, 0.717) is 0 Å². The zero-order valence-corrected chi connectivity index (χ0v) is 32.2. The number of hydrogen-bond donors (Lipinski definition) is 0. The van der Waals surface area contributed by atoms with Crippen molar-refractivity contribution in [3.05, 3.63) is 29.8 Å². The van der Waals surface area contributed by atoms with Crippen LogP contribution in [0.1, 0.15) is 192 Å². The fourth-order valence-electron chi connectivity index (χ4n) is 7.22. The zero-order chi connectivity index (χ0) is 33.1. The van der Waals surface area contributed by atoms with Gasteiger partial charge in [-0.15, -0.1) is 0 Å². The Bertz CT molecular complexity index is 820. The normalized spacial score (nSPS) is 12.6. The van der Waals surface area contributed by atoms with Gasteiger partial charge in [-0.2, -0.15) is 0 Å². The number of anilines is 1. The third kappa shape index (κ3) is 18.2. The summed E-state index contributed by atoms with van der Waals surface area (Å²) in [6.07, 6.45) is 36.1. The molecule has 3 nitrogen and oxygen atoms in total. The quantitative estimate of drug-likeness (QED) is 0.0593. The molecule has 264 valence electrons. The number of unbranched alkanes of at least 4 members (excludes halogenated alkanes) is 20. The molecule has 0 radical (unpaired) electrons. The van der Waals surface area contributed by atoms with E-state index < -0.39 is 6.83 Å². The van der Waals surface area contributed by atoms with Crippen LogP contribution >= 0.6 is 6.83 Å². The Kier molecular flexibility index (Phi) is 24.2. The molecular weight excluding hydrogens is 569 g/mol. The summed E-state index contributed by atoms with van der Waals surface area (Å²) in [6, 6.07) is 8.14. The van der Waals surface area contributed by atoms with Crippen LogP contribution in [0.25, 0.3) is 0 Å². The molecule has 1 rings (SSSR count). The molecule has 0 amide bonds. The molecule has 0 saturated heterocycles. The van der Waals surface area contributed by atoms with Crippen LogP contribution in [0.15, 0.2) is 24.3 Å². The molecule has 0 aliphatic heterocycles. The minimum atomic E-state index is -2.76. The summed E-state index contributed by atoms with van der Waals surface area (Å²) in [5.41, 5.74) is 1.81. The number of nitrogens with zero attached hydrogens (tertiary/aromatic N) is 1. The molecule has 0 heterocycles. The van der Waals surface area contributed by atoms with Crippen molar-refractivity contribution in [2.75, 3.05) is 43.6 Å². The van der Waals surface area contributed by atoms with E-state index in [1.807, 2.05) is 32.3 Å². The van der Waals surface area contributed by atoms with Gasteiger partial charge in [0.15, 0.2) is 0 Å². The van der Waals surface area contributed by atoms with E-state index in [4.69, 9.17) is 4.52 Å². The Labute approximate surface area is 282 Å². The maximum atomic E-state index is 14.2. The van der Waals surface area contributed by atoms with Gasteiger partial charge in [-0.25, -0.2) is 0 Å². The molecule has 0 aromatic heterocycles. The predicted octanol–water partition coefficient (Wildman–Crippen LogP) is 13.8. The summed E-state index contributed by atoms with van der Waals surface area (Å²) >= 11 is 0. The molecule has 0 aliphatic carbocycles. The van der Waals surface area contributed by atoms with Crippen LogP contribution in [-0.2, 0) is 4.52 Å². The van der Waals surface area contributed by atoms with Gasteiger partial charge in [0, 0.05) is 0 Å². The first-order valence-electron chi connectivity index (χ1n) is 19.9. The van der Waals surface area contributed by atoms with Crippen molar-refractivity contribution in [2.24, 2.45) is 0 Å². The Morgan fingerprint density at radius 2 is 0.867 bits per heavy atom. The average molecular weight is 648 g/mol. The standard InChI is InChI=1S/C41H78NO2P/c1-7-11-15-19-20-21-22-23-24-25-26-30-37-45(34-27-16-12-8-2,35-28-17-13-9-3,36-29-18-14-10-4)44-41(43)39-32-31-33-40(38-39)42(5)6/h31-33,38H,7-30,34-37H2,1-6H3. The number of benzene rings is 1. The first-order valence-corrected chi connectivity index (χ1v) is 22.8. The molecular formula is C41H78NO2P. The zero-order valence-electron chi connectivity index (χ0n) is 31.3. The second-order valence-corrected chi connectivity index (χ2v) is 20.3. The monoisotopic (exact) mass is 648 g/mol. The molecule has 0 unspecified atom stereocenters. The van der Waals surface area contributed by atoms with E-state index >= 15 is 0 Å². The molecule has 0 bridgehead atoms. The second kappa shape index (κ2) is 25.9. The molecule has 0 saturated carbocycles. The molecule has 0 fully saturated rings. The molecule has 1 aromatic rings. The van der Waals surface area contributed by atoms with E-state index in [-0.39, 0.29) is 5.97 Å². The molecule has 0 atom stereocenters. The Morgan fingerprint density at radius 3 is 1.22 bits per heavy atom. The number of hydrogen-bond acceptors (Lipinski definition) is 3. The summed E-state index contributed by atoms with van der Waals surface area (Å²) in [5, 5.41) is 0. The van der Waals surface area contributed by atoms with Crippen molar-refractivity contribution in [1.82, 2.24) is 0 Å². The van der Waals surface area contributed by atoms with Gasteiger partial charge in [0.1, 0.15) is 0 Å². The fraction of sp³-hybridized carbons (Fsp3) is 0.829. The van der Waals surface area contributed by atoms with Gasteiger partial charge in [0.2, 0.25) is 0 Å². The van der Waals surface area contributed by atoms with E-state index in [1.54, 1.807) is 0 Å². The van der Waals surface area contributed by atoms with E-state index in [1.165, 1.54) is 154 Å². The number of rotatable bonds is 31. The third-order valence-corrected chi connectivity index (χ3v) is 16.7. The molecule has 0 N–H and O–H groups in total. The summed E-state index contributed by atoms with van der Waals surface area (Å²) in [6.45, 7) is 6.46. The molecule has 0 spiro atoms. The Morgan fingerprint density at radius 1 is 0.533 bits per heavy atom. The van der Waals surface area contributed by atoms with Gasteiger partial charge in [-0.3, -0.25) is 0 Å². The molecule has 0 aliphatic rings. The van der Waals surface area contributed by atoms with Crippen LogP contribution in [0.2, 0.25) is 0 Å². The Hall–Kier alpha value is -1.08. The van der Waals surface area contributed by atoms with Crippen LogP contribution < -0.4 is 4.90 Å². The van der Waals surface area contributed by atoms with Gasteiger partial charge in [-0.05, 0) is 0 Å². The number of carbonyl (C=O) groups is 1. The van der Waals surface area contributed by atoms with Crippen LogP contribution in [0.4, 0.5) is 5.69 Å². The molecule has 4 heteroatoms. The average Bonchev–Trinajstić information content (AvgIpc) is 3.04. The maximum absolute atomic E-state index is 14.2. The second-order valence-electron chi connectivity index (χ2n) is 14.6. The predicted molar refractivity (Wildman–Crippen MR) is 206 cm³/mol. The first kappa shape index (κ1) is 41.9. The fourth-order valence-corrected chi connectivity index (χ4v) is 13.6. The van der Waals surface area contributed by atoms with Crippen molar-refractivity contribution in [2.45, 2.75) is 182 Å². The van der Waals surface area contributed by atoms with Crippen molar-refractivity contribution in [3.63, 3.8) is 0 Å². The van der Waals surface area contributed by atoms with E-state index in [9.17, 15) is 4.79 Å². The van der Waals surface area contributed by atoms with Crippen molar-refractivity contribution in [3.8, 4) is 0 Å². The minimum absolute atomic E-state index is 0.0447. The Balaban J connectivity index is 3.15. The number of carbonyl (C=O) groups excluding carboxylic acids is 1. The topological polar surface area (TPSA) is 29.5 Å². The first-order chi connectivity index (χ1) is 21.8. The summed E-state index contributed by atoms with van der Waals surface area (Å²) < 4.78 is 7.26. The summed E-state index contributed by atoms with van der Waals surface area (Å²) in [7, 11) is 4.10. The molecule has 45 heavy (non-hydrogen) atoms. The van der Waals surface area contributed by atoms with Crippen LogP contribution in [0.3, 0.4) is 0 Å². The van der Waals surface area contributed by atoms with Gasteiger partial charge in [-0.1, -0.05) is 13.3 Å². The third-order valence-electron chi connectivity index (χ3n) is 10.2.